The summed E-state index contributed by atoms with van der Waals surface area (Å²) >= 11 is 0. The van der Waals surface area contributed by atoms with Crippen molar-refractivity contribution in [3.63, 3.8) is 0 Å². The van der Waals surface area contributed by atoms with Crippen LogP contribution in [-0.4, -0.2) is 10.4 Å². The first-order chi connectivity index (χ1) is 7.77. The molecule has 2 nitrogen and oxygen atoms in total. The lowest BCUT2D eigenvalue weighted by atomic mass is 10.1. The molecule has 0 aliphatic carbocycles. The van der Waals surface area contributed by atoms with E-state index in [-0.39, 0.29) is 5.78 Å². The maximum absolute atomic E-state index is 11.6. The molecule has 0 atom stereocenters. The van der Waals surface area contributed by atoms with Crippen molar-refractivity contribution in [1.82, 2.24) is 4.57 Å². The van der Waals surface area contributed by atoms with E-state index >= 15 is 0 Å². The molecular formula is C14H13NO. The molecule has 0 saturated heterocycles. The molecule has 0 bridgehead atoms. The molecule has 1 aromatic heterocycles. The molecule has 2 aromatic rings. The van der Waals surface area contributed by atoms with E-state index in [1.54, 1.807) is 6.92 Å². The summed E-state index contributed by atoms with van der Waals surface area (Å²) in [4.78, 5) is 11.6. The van der Waals surface area contributed by atoms with Gasteiger partial charge in [0.25, 0.3) is 0 Å². The Hall–Kier alpha value is -2.09. The number of hydrogen-bond donors (Lipinski definition) is 0. The van der Waals surface area contributed by atoms with Crippen molar-refractivity contribution >= 4 is 17.6 Å². The maximum atomic E-state index is 11.6. The number of aromatic nitrogens is 1. The number of benzene rings is 1. The summed E-state index contributed by atoms with van der Waals surface area (Å²) in [5.74, 6) is 0.0556. The molecule has 2 rings (SSSR count). The molecule has 80 valence electrons. The first-order valence-corrected chi connectivity index (χ1v) is 5.18. The Labute approximate surface area is 94.8 Å². The van der Waals surface area contributed by atoms with Gasteiger partial charge in [-0.25, -0.2) is 0 Å². The van der Waals surface area contributed by atoms with Crippen molar-refractivity contribution in [2.24, 2.45) is 0 Å². The van der Waals surface area contributed by atoms with Gasteiger partial charge in [-0.05, 0) is 23.8 Å². The highest BCUT2D eigenvalue weighted by atomic mass is 16.1. The Morgan fingerprint density at radius 2 is 1.69 bits per heavy atom. The van der Waals surface area contributed by atoms with Gasteiger partial charge < -0.3 is 4.57 Å². The van der Waals surface area contributed by atoms with Gasteiger partial charge in [-0.2, -0.15) is 0 Å². The molecule has 0 aliphatic heterocycles. The zero-order valence-electron chi connectivity index (χ0n) is 9.13. The quantitative estimate of drug-likeness (QED) is 0.715. The van der Waals surface area contributed by atoms with E-state index in [1.165, 1.54) is 0 Å². The first-order valence-electron chi connectivity index (χ1n) is 5.18. The lowest BCUT2D eigenvalue weighted by Gasteiger charge is -2.05. The maximum Gasteiger partial charge on any atom is 0.176 e. The van der Waals surface area contributed by atoms with Crippen molar-refractivity contribution in [3.8, 4) is 0 Å². The molecule has 0 amide bonds. The standard InChI is InChI=1S/C14H13NO/c1-12(16)14(15-9-5-6-10-15)11-13-7-3-2-4-8-13/h2-11H,1H3/b14-11-. The zero-order valence-corrected chi connectivity index (χ0v) is 9.13. The fourth-order valence-corrected chi connectivity index (χ4v) is 1.56. The second-order valence-electron chi connectivity index (χ2n) is 3.59. The van der Waals surface area contributed by atoms with Crippen molar-refractivity contribution < 1.29 is 4.79 Å². The highest BCUT2D eigenvalue weighted by molar-refractivity contribution is 6.18. The number of carbonyl (C=O) groups is 1. The van der Waals surface area contributed by atoms with Crippen LogP contribution in [0.1, 0.15) is 12.5 Å². The van der Waals surface area contributed by atoms with Crippen molar-refractivity contribution in [3.05, 3.63) is 60.4 Å². The highest BCUT2D eigenvalue weighted by Crippen LogP contribution is 2.12. The van der Waals surface area contributed by atoms with Gasteiger partial charge in [0.05, 0.1) is 5.70 Å². The fourth-order valence-electron chi connectivity index (χ4n) is 1.56. The Morgan fingerprint density at radius 1 is 1.06 bits per heavy atom. The third-order valence-electron chi connectivity index (χ3n) is 2.35. The van der Waals surface area contributed by atoms with Gasteiger partial charge in [0, 0.05) is 19.3 Å². The summed E-state index contributed by atoms with van der Waals surface area (Å²) in [5, 5.41) is 0. The number of hydrogen-bond acceptors (Lipinski definition) is 1. The minimum absolute atomic E-state index is 0.0556. The van der Waals surface area contributed by atoms with Crippen LogP contribution in [0.15, 0.2) is 54.9 Å². The predicted molar refractivity (Wildman–Crippen MR) is 65.7 cm³/mol. The molecule has 0 radical (unpaired) electrons. The minimum atomic E-state index is 0.0556. The van der Waals surface area contributed by atoms with E-state index in [1.807, 2.05) is 65.5 Å². The Morgan fingerprint density at radius 3 is 2.25 bits per heavy atom. The summed E-state index contributed by atoms with van der Waals surface area (Å²) in [6, 6.07) is 13.6. The Balaban J connectivity index is 2.42. The largest absolute Gasteiger partial charge is 0.321 e. The van der Waals surface area contributed by atoms with Gasteiger partial charge >= 0.3 is 0 Å². The van der Waals surface area contributed by atoms with Crippen LogP contribution in [-0.2, 0) is 4.79 Å². The average molecular weight is 211 g/mol. The van der Waals surface area contributed by atoms with Crippen LogP contribution in [0.5, 0.6) is 0 Å². The summed E-state index contributed by atoms with van der Waals surface area (Å²) < 4.78 is 1.83. The first kappa shape index (κ1) is 10.4. The van der Waals surface area contributed by atoms with Gasteiger partial charge in [0.15, 0.2) is 5.78 Å². The minimum Gasteiger partial charge on any atom is -0.321 e. The third kappa shape index (κ3) is 2.28. The third-order valence-corrected chi connectivity index (χ3v) is 2.35. The molecule has 0 fully saturated rings. The van der Waals surface area contributed by atoms with E-state index in [9.17, 15) is 4.79 Å². The normalized spacial score (nSPS) is 11.4. The van der Waals surface area contributed by atoms with Gasteiger partial charge in [0.2, 0.25) is 0 Å². The van der Waals surface area contributed by atoms with E-state index < -0.39 is 0 Å². The van der Waals surface area contributed by atoms with Gasteiger partial charge in [-0.15, -0.1) is 0 Å². The van der Waals surface area contributed by atoms with Gasteiger partial charge in [0.1, 0.15) is 0 Å². The van der Waals surface area contributed by atoms with Crippen LogP contribution in [0.4, 0.5) is 0 Å². The predicted octanol–water partition coefficient (Wildman–Crippen LogP) is 3.08. The monoisotopic (exact) mass is 211 g/mol. The summed E-state index contributed by atoms with van der Waals surface area (Å²) in [7, 11) is 0. The lowest BCUT2D eigenvalue weighted by Crippen LogP contribution is -2.02. The van der Waals surface area contributed by atoms with Gasteiger partial charge in [-0.1, -0.05) is 30.3 Å². The Kier molecular flexibility index (Phi) is 3.01. The summed E-state index contributed by atoms with van der Waals surface area (Å²) in [6.07, 6.45) is 5.63. The molecule has 1 aromatic carbocycles. The topological polar surface area (TPSA) is 22.0 Å². The van der Waals surface area contributed by atoms with Crippen LogP contribution in [0.3, 0.4) is 0 Å². The fraction of sp³-hybridized carbons (Fsp3) is 0.0714. The molecule has 0 saturated carbocycles. The molecule has 1 heterocycles. The van der Waals surface area contributed by atoms with Gasteiger partial charge in [-0.3, -0.25) is 4.79 Å². The number of ketones is 1. The summed E-state index contributed by atoms with van der Waals surface area (Å²) in [5.41, 5.74) is 1.71. The average Bonchev–Trinajstić information content (AvgIpc) is 2.80. The number of Topliss-reactive ketones (excluding diaryl/α,β-unsaturated/α-hetero) is 1. The van der Waals surface area contributed by atoms with Crippen molar-refractivity contribution in [2.45, 2.75) is 6.92 Å². The van der Waals surface area contributed by atoms with Crippen LogP contribution >= 0.6 is 0 Å². The molecule has 0 N–H and O–H groups in total. The molecule has 0 unspecified atom stereocenters. The van der Waals surface area contributed by atoms with Crippen molar-refractivity contribution in [1.29, 1.82) is 0 Å². The smallest absolute Gasteiger partial charge is 0.176 e. The second kappa shape index (κ2) is 4.62. The van der Waals surface area contributed by atoms with Crippen LogP contribution < -0.4 is 0 Å². The van der Waals surface area contributed by atoms with Crippen LogP contribution in [0.2, 0.25) is 0 Å². The molecule has 0 spiro atoms. The Bertz CT molecular complexity index is 495. The highest BCUT2D eigenvalue weighted by Gasteiger charge is 2.04. The van der Waals surface area contributed by atoms with Crippen molar-refractivity contribution in [2.75, 3.05) is 0 Å². The number of allylic oxidation sites excluding steroid dienone is 1. The van der Waals surface area contributed by atoms with Crippen LogP contribution in [0, 0.1) is 0 Å². The lowest BCUT2D eigenvalue weighted by molar-refractivity contribution is -0.112. The molecule has 0 aliphatic rings. The molecular weight excluding hydrogens is 198 g/mol. The number of rotatable bonds is 3. The SMILES string of the molecule is CC(=O)/C(=C/c1ccccc1)n1cccc1. The number of carbonyl (C=O) groups excluding carboxylic acids is 1. The van der Waals surface area contributed by atoms with E-state index in [0.717, 1.165) is 5.56 Å². The number of nitrogens with zero attached hydrogens (tertiary/aromatic N) is 1. The zero-order chi connectivity index (χ0) is 11.4. The van der Waals surface area contributed by atoms with E-state index in [0.29, 0.717) is 5.70 Å². The summed E-state index contributed by atoms with van der Waals surface area (Å²) in [6.45, 7) is 1.58. The van der Waals surface area contributed by atoms with E-state index in [4.69, 9.17) is 0 Å². The second-order valence-corrected chi connectivity index (χ2v) is 3.59. The molecule has 2 heteroatoms. The molecule has 16 heavy (non-hydrogen) atoms. The van der Waals surface area contributed by atoms with E-state index in [2.05, 4.69) is 0 Å². The van der Waals surface area contributed by atoms with Crippen LogP contribution in [0.25, 0.3) is 11.8 Å².